The van der Waals surface area contributed by atoms with E-state index in [9.17, 15) is 18.4 Å². The van der Waals surface area contributed by atoms with Gasteiger partial charge >= 0.3 is 6.03 Å². The first-order valence-corrected chi connectivity index (χ1v) is 12.5. The van der Waals surface area contributed by atoms with Crippen molar-refractivity contribution in [1.82, 2.24) is 25.3 Å². The van der Waals surface area contributed by atoms with Crippen molar-refractivity contribution in [2.45, 2.75) is 25.8 Å². The van der Waals surface area contributed by atoms with Crippen LogP contribution in [0.25, 0.3) is 5.69 Å². The number of benzene rings is 2. The van der Waals surface area contributed by atoms with Crippen LogP contribution in [0.15, 0.2) is 48.5 Å². The van der Waals surface area contributed by atoms with Gasteiger partial charge in [-0.05, 0) is 43.7 Å². The lowest BCUT2D eigenvalue weighted by Gasteiger charge is -2.21. The Hall–Kier alpha value is -3.83. The second-order valence-corrected chi connectivity index (χ2v) is 9.17. The van der Waals surface area contributed by atoms with E-state index in [1.165, 1.54) is 10.7 Å². The molecule has 1 saturated heterocycles. The number of halogens is 2. The van der Waals surface area contributed by atoms with Crippen molar-refractivity contribution in [2.75, 3.05) is 45.2 Å². The van der Waals surface area contributed by atoms with Gasteiger partial charge in [0.1, 0.15) is 5.82 Å². The highest BCUT2D eigenvalue weighted by molar-refractivity contribution is 5.97. The first-order valence-electron chi connectivity index (χ1n) is 12.5. The van der Waals surface area contributed by atoms with Gasteiger partial charge < -0.3 is 15.4 Å². The lowest BCUT2D eigenvalue weighted by molar-refractivity contribution is 0.0949. The summed E-state index contributed by atoms with van der Waals surface area (Å²) in [7, 11) is 1.61. The van der Waals surface area contributed by atoms with Gasteiger partial charge in [0.2, 0.25) is 0 Å². The Morgan fingerprint density at radius 2 is 1.87 bits per heavy atom. The van der Waals surface area contributed by atoms with Gasteiger partial charge in [0, 0.05) is 44.8 Å². The lowest BCUT2D eigenvalue weighted by atomic mass is 9.94. The minimum Gasteiger partial charge on any atom is -0.383 e. The van der Waals surface area contributed by atoms with Crippen LogP contribution in [0.2, 0.25) is 0 Å². The Bertz CT molecular complexity index is 1280. The topological polar surface area (TPSA) is 101 Å². The molecule has 3 amide bonds. The zero-order chi connectivity index (χ0) is 27.2. The number of likely N-dealkylation sites (tertiary alicyclic amines) is 1. The van der Waals surface area contributed by atoms with E-state index in [0.717, 1.165) is 6.07 Å². The number of hydrogen-bond donors (Lipinski definition) is 3. The highest BCUT2D eigenvalue weighted by Gasteiger charge is 2.35. The molecule has 2 heterocycles. The van der Waals surface area contributed by atoms with Gasteiger partial charge in [0.15, 0.2) is 17.3 Å². The molecule has 3 aromatic rings. The van der Waals surface area contributed by atoms with Gasteiger partial charge in [-0.3, -0.25) is 15.0 Å². The van der Waals surface area contributed by atoms with Crippen molar-refractivity contribution < 1.29 is 23.1 Å². The summed E-state index contributed by atoms with van der Waals surface area (Å²) in [5.74, 6) is -2.10. The van der Waals surface area contributed by atoms with Crippen LogP contribution < -0.4 is 16.0 Å². The van der Waals surface area contributed by atoms with E-state index in [4.69, 9.17) is 4.74 Å². The van der Waals surface area contributed by atoms with Gasteiger partial charge in [0.05, 0.1) is 18.3 Å². The molecule has 0 saturated carbocycles. The Labute approximate surface area is 220 Å². The van der Waals surface area contributed by atoms with Gasteiger partial charge in [-0.15, -0.1) is 0 Å². The van der Waals surface area contributed by atoms with Gasteiger partial charge in [-0.2, -0.15) is 5.10 Å². The number of urea groups is 1. The Morgan fingerprint density at radius 1 is 1.11 bits per heavy atom. The van der Waals surface area contributed by atoms with Crippen LogP contribution in [0.3, 0.4) is 0 Å². The highest BCUT2D eigenvalue weighted by Crippen LogP contribution is 2.29. The van der Waals surface area contributed by atoms with E-state index in [1.54, 1.807) is 20.1 Å². The normalized spacial score (nSPS) is 17.4. The van der Waals surface area contributed by atoms with Crippen molar-refractivity contribution in [3.8, 4) is 5.69 Å². The molecule has 1 aliphatic rings. The van der Waals surface area contributed by atoms with Crippen molar-refractivity contribution in [2.24, 2.45) is 0 Å². The first kappa shape index (κ1) is 27.2. The molecule has 0 spiro atoms. The van der Waals surface area contributed by atoms with E-state index < -0.39 is 17.7 Å². The number of ether oxygens (including phenoxy) is 1. The quantitative estimate of drug-likeness (QED) is 0.397. The summed E-state index contributed by atoms with van der Waals surface area (Å²) in [6, 6.07) is 12.1. The molecule has 1 aromatic heterocycles. The Morgan fingerprint density at radius 3 is 2.55 bits per heavy atom. The molecular weight excluding hydrogens is 494 g/mol. The number of aromatic nitrogens is 2. The second kappa shape index (κ2) is 12.1. The van der Waals surface area contributed by atoms with E-state index in [2.05, 4.69) is 25.9 Å². The molecule has 38 heavy (non-hydrogen) atoms. The summed E-state index contributed by atoms with van der Waals surface area (Å²) >= 11 is 0. The molecule has 0 bridgehead atoms. The third-order valence-corrected chi connectivity index (χ3v) is 6.60. The number of para-hydroxylation sites is 1. The second-order valence-electron chi connectivity index (χ2n) is 9.17. The molecule has 9 nitrogen and oxygen atoms in total. The monoisotopic (exact) mass is 526 g/mol. The molecule has 0 aliphatic carbocycles. The smallest absolute Gasteiger partial charge is 0.320 e. The molecule has 0 unspecified atom stereocenters. The van der Waals surface area contributed by atoms with Crippen molar-refractivity contribution in [3.63, 3.8) is 0 Å². The molecule has 1 fully saturated rings. The number of hydrogen-bond acceptors (Lipinski definition) is 5. The van der Waals surface area contributed by atoms with Crippen LogP contribution in [0.1, 0.15) is 34.5 Å². The summed E-state index contributed by atoms with van der Waals surface area (Å²) in [4.78, 5) is 28.0. The molecule has 11 heteroatoms. The number of methoxy groups -OCH3 is 1. The zero-order valence-electron chi connectivity index (χ0n) is 21.6. The third kappa shape index (κ3) is 6.00. The molecule has 3 N–H and O–H groups in total. The molecular formula is C27H32F2N6O3. The maximum absolute atomic E-state index is 14.0. The number of carbonyl (C=O) groups is 2. The Balaban J connectivity index is 1.59. The highest BCUT2D eigenvalue weighted by atomic mass is 19.2. The van der Waals surface area contributed by atoms with E-state index in [-0.39, 0.29) is 23.6 Å². The maximum atomic E-state index is 14.0. The zero-order valence-corrected chi connectivity index (χ0v) is 21.6. The first-order chi connectivity index (χ1) is 18.3. The number of rotatable bonds is 9. The predicted molar refractivity (Wildman–Crippen MR) is 140 cm³/mol. The standard InChI is InChI=1S/C27H32F2N6O3/c1-4-30-26(36)24-17(2)25(35(33-24)19-8-6-5-7-9-19)32-27(37)31-23-16-34(12-13-38-3)15-20(23)18-10-11-21(28)22(29)14-18/h5-11,14,20,23H,4,12-13,15-16H2,1-3H3,(H,30,36)(H2,31,32,37)/t20-,23+/m0/s1. The molecule has 2 atom stereocenters. The van der Waals surface area contributed by atoms with Crippen molar-refractivity contribution in [1.29, 1.82) is 0 Å². The fourth-order valence-corrected chi connectivity index (χ4v) is 4.69. The van der Waals surface area contributed by atoms with E-state index in [0.29, 0.717) is 55.4 Å². The Kier molecular flexibility index (Phi) is 8.70. The van der Waals surface area contributed by atoms with Crippen LogP contribution in [0.4, 0.5) is 19.4 Å². The van der Waals surface area contributed by atoms with Crippen LogP contribution in [-0.4, -0.2) is 72.6 Å². The summed E-state index contributed by atoms with van der Waals surface area (Å²) in [6.07, 6.45) is 0. The minimum absolute atomic E-state index is 0.206. The number of nitrogens with one attached hydrogen (secondary N) is 3. The van der Waals surface area contributed by atoms with Gasteiger partial charge in [0.25, 0.3) is 5.91 Å². The average Bonchev–Trinajstić information content (AvgIpc) is 3.45. The van der Waals surface area contributed by atoms with Crippen LogP contribution in [0, 0.1) is 18.6 Å². The fraction of sp³-hybridized carbons (Fsp3) is 0.370. The average molecular weight is 527 g/mol. The molecule has 202 valence electrons. The number of anilines is 1. The maximum Gasteiger partial charge on any atom is 0.320 e. The summed E-state index contributed by atoms with van der Waals surface area (Å²) < 4.78 is 34.3. The van der Waals surface area contributed by atoms with Gasteiger partial charge in [-0.1, -0.05) is 24.3 Å². The number of amides is 3. The van der Waals surface area contributed by atoms with Crippen LogP contribution >= 0.6 is 0 Å². The summed E-state index contributed by atoms with van der Waals surface area (Å²) in [5.41, 5.74) is 1.99. The van der Waals surface area contributed by atoms with E-state index in [1.807, 2.05) is 37.3 Å². The van der Waals surface area contributed by atoms with Crippen molar-refractivity contribution >= 4 is 17.8 Å². The SMILES string of the molecule is CCNC(=O)c1nn(-c2ccccc2)c(NC(=O)N[C@@H]2CN(CCOC)C[C@H]2c2ccc(F)c(F)c2)c1C. The molecule has 1 aliphatic heterocycles. The van der Waals surface area contributed by atoms with E-state index >= 15 is 0 Å². The van der Waals surface area contributed by atoms with Crippen LogP contribution in [-0.2, 0) is 4.74 Å². The largest absolute Gasteiger partial charge is 0.383 e. The van der Waals surface area contributed by atoms with Gasteiger partial charge in [-0.25, -0.2) is 18.3 Å². The molecule has 2 aromatic carbocycles. The predicted octanol–water partition coefficient (Wildman–Crippen LogP) is 3.44. The summed E-state index contributed by atoms with van der Waals surface area (Å²) in [5, 5.41) is 13.1. The number of carbonyl (C=O) groups excluding carboxylic acids is 2. The van der Waals surface area contributed by atoms with Crippen molar-refractivity contribution in [3.05, 3.63) is 77.0 Å². The fourth-order valence-electron chi connectivity index (χ4n) is 4.69. The molecule has 4 rings (SSSR count). The molecule has 0 radical (unpaired) electrons. The number of nitrogens with zero attached hydrogens (tertiary/aromatic N) is 3. The third-order valence-electron chi connectivity index (χ3n) is 6.60. The lowest BCUT2D eigenvalue weighted by Crippen LogP contribution is -2.42. The van der Waals surface area contributed by atoms with Crippen LogP contribution in [0.5, 0.6) is 0 Å². The minimum atomic E-state index is -0.929. The summed E-state index contributed by atoms with van der Waals surface area (Å²) in [6.45, 7) is 6.15.